The minimum Gasteiger partial charge on any atom is -0.398 e. The lowest BCUT2D eigenvalue weighted by atomic mass is 10.3. The molecule has 0 saturated heterocycles. The van der Waals surface area contributed by atoms with Gasteiger partial charge in [0.2, 0.25) is 5.16 Å². The molecule has 0 saturated carbocycles. The van der Waals surface area contributed by atoms with Gasteiger partial charge in [0.1, 0.15) is 10.7 Å². The summed E-state index contributed by atoms with van der Waals surface area (Å²) in [7, 11) is 0. The second-order valence-electron chi connectivity index (χ2n) is 7.30. The molecule has 0 bridgehead atoms. The zero-order valence-electron chi connectivity index (χ0n) is 18.0. The fourth-order valence-electron chi connectivity index (χ4n) is 2.81. The maximum absolute atomic E-state index is 12.0. The zero-order chi connectivity index (χ0) is 23.5. The van der Waals surface area contributed by atoms with Gasteiger partial charge < -0.3 is 4.74 Å². The number of ether oxygens (including phenoxy) is 1. The molecule has 0 unspecified atom stereocenters. The van der Waals surface area contributed by atoms with Crippen molar-refractivity contribution in [2.75, 3.05) is 0 Å². The fraction of sp³-hybridized carbons (Fsp3) is 0.350. The number of aromatic nitrogens is 7. The highest BCUT2D eigenvalue weighted by molar-refractivity contribution is 7.99. The monoisotopic (exact) mass is 523 g/mol. The number of carbonyl (C=O) groups excluding carboxylic acids is 1. The largest absolute Gasteiger partial charge is 0.398 e. The maximum atomic E-state index is 12.0. The molecule has 3 heterocycles. The van der Waals surface area contributed by atoms with E-state index in [1.54, 1.807) is 23.0 Å². The first-order valence-electron chi connectivity index (χ1n) is 10.1. The van der Waals surface area contributed by atoms with Gasteiger partial charge in [0, 0.05) is 6.42 Å². The summed E-state index contributed by atoms with van der Waals surface area (Å²) in [6.07, 6.45) is 3.63. The van der Waals surface area contributed by atoms with E-state index in [0.29, 0.717) is 48.3 Å². The van der Waals surface area contributed by atoms with E-state index in [4.69, 9.17) is 37.9 Å². The summed E-state index contributed by atoms with van der Waals surface area (Å²) in [5, 5.41) is 14.1. The van der Waals surface area contributed by atoms with Crippen molar-refractivity contribution in [2.24, 2.45) is 0 Å². The van der Waals surface area contributed by atoms with Crippen LogP contribution >= 0.6 is 46.3 Å². The molecule has 0 aliphatic rings. The average molecular weight is 524 g/mol. The Morgan fingerprint density at radius 3 is 2.64 bits per heavy atom. The number of tetrazole rings is 1. The molecular weight excluding hydrogens is 505 g/mol. The summed E-state index contributed by atoms with van der Waals surface area (Å²) in [5.41, 5.74) is 1.70. The van der Waals surface area contributed by atoms with Crippen LogP contribution < -0.4 is 4.74 Å². The number of thiazole rings is 1. The number of carbonyl (C=O) groups is 1. The Morgan fingerprint density at radius 1 is 1.21 bits per heavy atom. The molecule has 9 nitrogen and oxygen atoms in total. The van der Waals surface area contributed by atoms with Gasteiger partial charge in [0.05, 0.1) is 38.2 Å². The molecule has 0 radical (unpaired) electrons. The molecule has 4 rings (SSSR count). The van der Waals surface area contributed by atoms with E-state index >= 15 is 0 Å². The van der Waals surface area contributed by atoms with Crippen LogP contribution in [0.15, 0.2) is 28.5 Å². The van der Waals surface area contributed by atoms with E-state index in [2.05, 4.69) is 20.5 Å². The summed E-state index contributed by atoms with van der Waals surface area (Å²) in [4.78, 5) is 26.5. The Kier molecular flexibility index (Phi) is 7.42. The predicted molar refractivity (Wildman–Crippen MR) is 128 cm³/mol. The van der Waals surface area contributed by atoms with Crippen LogP contribution in [0.4, 0.5) is 0 Å². The van der Waals surface area contributed by atoms with Crippen molar-refractivity contribution < 1.29 is 9.53 Å². The van der Waals surface area contributed by atoms with E-state index in [-0.39, 0.29) is 17.2 Å². The first-order chi connectivity index (χ1) is 15.9. The van der Waals surface area contributed by atoms with Gasteiger partial charge in [-0.2, -0.15) is 0 Å². The minimum atomic E-state index is -0.311. The Hall–Kier alpha value is -2.34. The molecule has 0 aliphatic heterocycles. The molecule has 0 fully saturated rings. The van der Waals surface area contributed by atoms with E-state index in [1.165, 1.54) is 23.1 Å². The molecule has 0 atom stereocenters. The lowest BCUT2D eigenvalue weighted by Crippen LogP contribution is -2.06. The Labute approximate surface area is 207 Å². The highest BCUT2D eigenvalue weighted by Gasteiger charge is 2.21. The van der Waals surface area contributed by atoms with Gasteiger partial charge in [-0.25, -0.2) is 19.6 Å². The first-order valence-corrected chi connectivity index (χ1v) is 12.5. The van der Waals surface area contributed by atoms with Crippen molar-refractivity contribution in [1.29, 1.82) is 0 Å². The standard InChI is InChI=1S/C20H19Cl2N7O2S2/c1-4-5-6-16(30)31-20-23-9-15(32-20)17-18(33-19-26-27-28-29(19)10(2)3)25-14-8-12(22)11(21)7-13(14)24-17/h7-10H,4-6H2,1-3H3. The number of fused-ring (bicyclic) bond motifs is 1. The molecule has 13 heteroatoms. The van der Waals surface area contributed by atoms with E-state index in [1.807, 2.05) is 20.8 Å². The van der Waals surface area contributed by atoms with E-state index in [9.17, 15) is 4.79 Å². The average Bonchev–Trinajstić information content (AvgIpc) is 3.43. The summed E-state index contributed by atoms with van der Waals surface area (Å²) in [5.74, 6) is -0.311. The number of halogens is 2. The number of unbranched alkanes of at least 4 members (excludes halogenated alkanes) is 1. The fourth-order valence-corrected chi connectivity index (χ4v) is 4.96. The van der Waals surface area contributed by atoms with Crippen LogP contribution in [-0.4, -0.2) is 41.1 Å². The lowest BCUT2D eigenvalue weighted by molar-refractivity contribution is -0.134. The molecule has 0 spiro atoms. The van der Waals surface area contributed by atoms with Gasteiger partial charge >= 0.3 is 5.97 Å². The second-order valence-corrected chi connectivity index (χ2v) is 10.1. The normalized spacial score (nSPS) is 11.5. The third-order valence-electron chi connectivity index (χ3n) is 4.47. The Bertz CT molecular complexity index is 1310. The molecule has 0 aliphatic carbocycles. The van der Waals surface area contributed by atoms with Crippen molar-refractivity contribution in [3.63, 3.8) is 0 Å². The molecule has 1 aromatic carbocycles. The summed E-state index contributed by atoms with van der Waals surface area (Å²) in [6, 6.07) is 3.39. The van der Waals surface area contributed by atoms with Crippen LogP contribution in [-0.2, 0) is 4.79 Å². The zero-order valence-corrected chi connectivity index (χ0v) is 21.1. The Morgan fingerprint density at radius 2 is 1.94 bits per heavy atom. The number of benzene rings is 1. The number of hydrogen-bond donors (Lipinski definition) is 0. The highest BCUT2D eigenvalue weighted by Crippen LogP contribution is 2.39. The molecule has 172 valence electrons. The first kappa shape index (κ1) is 23.8. The van der Waals surface area contributed by atoms with Gasteiger partial charge in [-0.05, 0) is 54.6 Å². The van der Waals surface area contributed by atoms with Crippen LogP contribution in [0, 0.1) is 0 Å². The minimum absolute atomic E-state index is 0.0603. The molecule has 4 aromatic rings. The smallest absolute Gasteiger partial charge is 0.313 e. The topological polar surface area (TPSA) is 109 Å². The number of hydrogen-bond acceptors (Lipinski definition) is 10. The van der Waals surface area contributed by atoms with E-state index in [0.717, 1.165) is 12.8 Å². The Balaban J connectivity index is 1.75. The van der Waals surface area contributed by atoms with Crippen molar-refractivity contribution in [2.45, 2.75) is 56.3 Å². The quantitative estimate of drug-likeness (QED) is 0.261. The SMILES string of the molecule is CCCCC(=O)Oc1ncc(-c2nc3cc(Cl)c(Cl)cc3nc2Sc2nnnn2C(C)C)s1. The van der Waals surface area contributed by atoms with Crippen molar-refractivity contribution >= 4 is 63.3 Å². The summed E-state index contributed by atoms with van der Waals surface area (Å²) < 4.78 is 7.07. The molecule has 0 amide bonds. The number of nitrogens with zero attached hydrogens (tertiary/aromatic N) is 7. The molecule has 0 N–H and O–H groups in total. The van der Waals surface area contributed by atoms with Crippen molar-refractivity contribution in [3.05, 3.63) is 28.4 Å². The number of esters is 1. The van der Waals surface area contributed by atoms with Gasteiger partial charge in [0.15, 0.2) is 0 Å². The van der Waals surface area contributed by atoms with Crippen molar-refractivity contribution in [1.82, 2.24) is 35.2 Å². The maximum Gasteiger partial charge on any atom is 0.313 e. The number of rotatable bonds is 8. The van der Waals surface area contributed by atoms with Crippen molar-refractivity contribution in [3.8, 4) is 15.8 Å². The van der Waals surface area contributed by atoms with Crippen LogP contribution in [0.2, 0.25) is 10.0 Å². The third kappa shape index (κ3) is 5.43. The van der Waals surface area contributed by atoms with Crippen LogP contribution in [0.25, 0.3) is 21.6 Å². The van der Waals surface area contributed by atoms with Crippen LogP contribution in [0.3, 0.4) is 0 Å². The second kappa shape index (κ2) is 10.3. The molecular formula is C20H19Cl2N7O2S2. The van der Waals surface area contributed by atoms with Gasteiger partial charge in [-0.15, -0.1) is 5.10 Å². The highest BCUT2D eigenvalue weighted by atomic mass is 35.5. The summed E-state index contributed by atoms with van der Waals surface area (Å²) in [6.45, 7) is 5.98. The van der Waals surface area contributed by atoms with Gasteiger partial charge in [-0.3, -0.25) is 4.79 Å². The van der Waals surface area contributed by atoms with Crippen LogP contribution in [0.1, 0.15) is 46.1 Å². The molecule has 33 heavy (non-hydrogen) atoms. The third-order valence-corrected chi connectivity index (χ3v) is 7.00. The molecule has 3 aromatic heterocycles. The predicted octanol–water partition coefficient (Wildman–Crippen LogP) is 5.87. The van der Waals surface area contributed by atoms with Gasteiger partial charge in [-0.1, -0.05) is 47.9 Å². The van der Waals surface area contributed by atoms with E-state index < -0.39 is 0 Å². The van der Waals surface area contributed by atoms with Crippen LogP contribution in [0.5, 0.6) is 5.19 Å². The lowest BCUT2D eigenvalue weighted by Gasteiger charge is -2.10. The summed E-state index contributed by atoms with van der Waals surface area (Å²) >= 11 is 14.9. The van der Waals surface area contributed by atoms with Gasteiger partial charge in [0.25, 0.3) is 5.19 Å².